The van der Waals surface area contributed by atoms with E-state index in [1.807, 2.05) is 0 Å². The molecule has 1 aliphatic heterocycles. The number of halogens is 6. The number of nitrogens with zero attached hydrogens (tertiary/aromatic N) is 4. The van der Waals surface area contributed by atoms with Crippen LogP contribution in [0.5, 0.6) is 0 Å². The number of amides is 1. The van der Waals surface area contributed by atoms with Crippen LogP contribution >= 0.6 is 0 Å². The van der Waals surface area contributed by atoms with Crippen molar-refractivity contribution in [1.29, 1.82) is 0 Å². The molecule has 0 aliphatic carbocycles. The molecule has 2 heterocycles. The van der Waals surface area contributed by atoms with Gasteiger partial charge in [0.25, 0.3) is 5.91 Å². The molecule has 0 N–H and O–H groups in total. The number of likely N-dealkylation sites (tertiary alicyclic amines) is 1. The fourth-order valence-electron chi connectivity index (χ4n) is 3.84. The summed E-state index contributed by atoms with van der Waals surface area (Å²) in [4.78, 5) is 26.5. The predicted molar refractivity (Wildman–Crippen MR) is 106 cm³/mol. The zero-order valence-electron chi connectivity index (χ0n) is 17.3. The summed E-state index contributed by atoms with van der Waals surface area (Å²) in [5.41, 5.74) is -2.89. The van der Waals surface area contributed by atoms with E-state index in [4.69, 9.17) is 0 Å². The van der Waals surface area contributed by atoms with E-state index in [9.17, 15) is 35.9 Å². The molecule has 0 radical (unpaired) electrons. The summed E-state index contributed by atoms with van der Waals surface area (Å²) in [5.74, 6) is -4.72. The van der Waals surface area contributed by atoms with Crippen molar-refractivity contribution in [3.63, 3.8) is 0 Å². The lowest BCUT2D eigenvalue weighted by Crippen LogP contribution is -2.41. The van der Waals surface area contributed by atoms with Gasteiger partial charge in [0.2, 0.25) is 0 Å². The highest BCUT2D eigenvalue weighted by molar-refractivity contribution is 5.98. The van der Waals surface area contributed by atoms with Crippen LogP contribution in [0.1, 0.15) is 39.4 Å². The maximum absolute atomic E-state index is 13.9. The van der Waals surface area contributed by atoms with Gasteiger partial charge in [-0.1, -0.05) is 5.21 Å². The Morgan fingerprint density at radius 2 is 1.53 bits per heavy atom. The number of hydrogen-bond donors (Lipinski definition) is 0. The topological polar surface area (TPSA) is 68.1 Å². The van der Waals surface area contributed by atoms with Gasteiger partial charge in [0.1, 0.15) is 17.5 Å². The number of aromatic nitrogens is 3. The molecule has 0 unspecified atom stereocenters. The molecular formula is C22H16F6N4O2. The first-order valence-corrected chi connectivity index (χ1v) is 10.1. The fraction of sp³-hybridized carbons (Fsp3) is 0.273. The quantitative estimate of drug-likeness (QED) is 0.408. The molecule has 3 aromatic rings. The maximum Gasteiger partial charge on any atom is 0.435 e. The third-order valence-corrected chi connectivity index (χ3v) is 5.56. The average molecular weight is 482 g/mol. The monoisotopic (exact) mass is 482 g/mol. The largest absolute Gasteiger partial charge is 0.435 e. The summed E-state index contributed by atoms with van der Waals surface area (Å²) in [6, 6.07) is 6.53. The summed E-state index contributed by atoms with van der Waals surface area (Å²) in [7, 11) is 0. The highest BCUT2D eigenvalue weighted by Crippen LogP contribution is 2.34. The van der Waals surface area contributed by atoms with Crippen LogP contribution in [0.2, 0.25) is 0 Å². The van der Waals surface area contributed by atoms with Crippen LogP contribution in [-0.4, -0.2) is 44.7 Å². The van der Waals surface area contributed by atoms with Gasteiger partial charge in [-0.05, 0) is 55.3 Å². The number of alkyl halides is 3. The number of rotatable bonds is 4. The van der Waals surface area contributed by atoms with Crippen LogP contribution in [0.15, 0.2) is 42.5 Å². The lowest BCUT2D eigenvalue weighted by molar-refractivity contribution is -0.143. The van der Waals surface area contributed by atoms with Gasteiger partial charge < -0.3 is 4.90 Å². The Morgan fingerprint density at radius 1 is 0.912 bits per heavy atom. The normalized spacial score (nSPS) is 14.9. The lowest BCUT2D eigenvalue weighted by Gasteiger charge is -2.31. The lowest BCUT2D eigenvalue weighted by atomic mass is 9.88. The highest BCUT2D eigenvalue weighted by atomic mass is 19.4. The number of Topliss-reactive ketones (excluding diaryl/α,β-unsaturated/α-hetero) is 1. The van der Waals surface area contributed by atoms with Gasteiger partial charge >= 0.3 is 6.18 Å². The highest BCUT2D eigenvalue weighted by Gasteiger charge is 2.43. The SMILES string of the molecule is O=C(c1cc(F)ccc1F)C1CCN(C(=O)c2nnn(-c3ccc(F)cc3)c2C(F)(F)F)CC1. The number of piperidine rings is 1. The standard InChI is InChI=1S/C22H16F6N4O2/c23-13-1-4-15(5-2-13)32-20(22(26,27)28)18(29-30-32)21(34)31-9-7-12(8-10-31)19(33)16-11-14(24)3-6-17(16)25/h1-6,11-12H,7-10H2. The van der Waals surface area contributed by atoms with Crippen molar-refractivity contribution >= 4 is 11.7 Å². The summed E-state index contributed by atoms with van der Waals surface area (Å²) >= 11 is 0. The van der Waals surface area contributed by atoms with Crippen molar-refractivity contribution < 1.29 is 35.9 Å². The second kappa shape index (κ2) is 8.92. The first-order chi connectivity index (χ1) is 16.1. The van der Waals surface area contributed by atoms with E-state index in [1.54, 1.807) is 0 Å². The maximum atomic E-state index is 13.9. The van der Waals surface area contributed by atoms with Gasteiger partial charge in [0.05, 0.1) is 11.3 Å². The van der Waals surface area contributed by atoms with E-state index in [0.717, 1.165) is 47.4 Å². The van der Waals surface area contributed by atoms with Crippen molar-refractivity contribution in [1.82, 2.24) is 19.9 Å². The second-order valence-electron chi connectivity index (χ2n) is 7.73. The zero-order valence-corrected chi connectivity index (χ0v) is 17.3. The van der Waals surface area contributed by atoms with Crippen LogP contribution in [0.3, 0.4) is 0 Å². The molecule has 178 valence electrons. The first-order valence-electron chi connectivity index (χ1n) is 10.1. The number of carbonyl (C=O) groups is 2. The van der Waals surface area contributed by atoms with E-state index in [-0.39, 0.29) is 31.6 Å². The van der Waals surface area contributed by atoms with Gasteiger partial charge in [0, 0.05) is 19.0 Å². The Bertz CT molecular complexity index is 1230. The van der Waals surface area contributed by atoms with E-state index in [0.29, 0.717) is 4.68 Å². The van der Waals surface area contributed by atoms with Crippen molar-refractivity contribution in [3.8, 4) is 5.69 Å². The second-order valence-corrected chi connectivity index (χ2v) is 7.73. The average Bonchev–Trinajstić information content (AvgIpc) is 3.26. The molecule has 0 bridgehead atoms. The number of hydrogen-bond acceptors (Lipinski definition) is 4. The van der Waals surface area contributed by atoms with E-state index in [1.165, 1.54) is 0 Å². The van der Waals surface area contributed by atoms with Crippen LogP contribution in [0, 0.1) is 23.4 Å². The van der Waals surface area contributed by atoms with Crippen molar-refractivity contribution in [3.05, 3.63) is 76.9 Å². The Morgan fingerprint density at radius 3 is 2.15 bits per heavy atom. The predicted octanol–water partition coefficient (Wildman–Crippen LogP) is 4.44. The molecule has 1 fully saturated rings. The minimum Gasteiger partial charge on any atom is -0.337 e. The molecule has 6 nitrogen and oxygen atoms in total. The fourth-order valence-corrected chi connectivity index (χ4v) is 3.84. The van der Waals surface area contributed by atoms with Crippen LogP contribution < -0.4 is 0 Å². The van der Waals surface area contributed by atoms with Crippen molar-refractivity contribution in [2.24, 2.45) is 5.92 Å². The Hall–Kier alpha value is -3.70. The Balaban J connectivity index is 1.54. The Kier molecular flexibility index (Phi) is 6.15. The molecule has 34 heavy (non-hydrogen) atoms. The summed E-state index contributed by atoms with van der Waals surface area (Å²) in [6.07, 6.45) is -4.89. The molecular weight excluding hydrogens is 466 g/mol. The van der Waals surface area contributed by atoms with Crippen LogP contribution in [0.4, 0.5) is 26.3 Å². The van der Waals surface area contributed by atoms with E-state index >= 15 is 0 Å². The third kappa shape index (κ3) is 4.52. The van der Waals surface area contributed by atoms with Crippen LogP contribution in [-0.2, 0) is 6.18 Å². The Labute approximate surface area is 188 Å². The van der Waals surface area contributed by atoms with E-state index < -0.39 is 58.2 Å². The third-order valence-electron chi connectivity index (χ3n) is 5.56. The molecule has 0 atom stereocenters. The van der Waals surface area contributed by atoms with Crippen molar-refractivity contribution in [2.75, 3.05) is 13.1 Å². The van der Waals surface area contributed by atoms with Gasteiger partial charge in [-0.15, -0.1) is 5.10 Å². The molecule has 1 aliphatic rings. The van der Waals surface area contributed by atoms with Gasteiger partial charge in [0.15, 0.2) is 17.2 Å². The number of benzene rings is 2. The molecule has 1 saturated heterocycles. The van der Waals surface area contributed by atoms with Gasteiger partial charge in [-0.25, -0.2) is 17.9 Å². The smallest absolute Gasteiger partial charge is 0.337 e. The summed E-state index contributed by atoms with van der Waals surface area (Å²) in [5, 5.41) is 6.87. The van der Waals surface area contributed by atoms with Crippen LogP contribution in [0.25, 0.3) is 5.69 Å². The summed E-state index contributed by atoms with van der Waals surface area (Å²) < 4.78 is 82.3. The van der Waals surface area contributed by atoms with E-state index in [2.05, 4.69) is 10.3 Å². The number of ketones is 1. The molecule has 1 amide bonds. The summed E-state index contributed by atoms with van der Waals surface area (Å²) in [6.45, 7) is -0.181. The zero-order chi connectivity index (χ0) is 24.6. The molecule has 2 aromatic carbocycles. The molecule has 0 saturated carbocycles. The minimum atomic E-state index is -4.99. The minimum absolute atomic E-state index is 0.0496. The molecule has 12 heteroatoms. The molecule has 0 spiro atoms. The molecule has 4 rings (SSSR count). The van der Waals surface area contributed by atoms with Crippen molar-refractivity contribution in [2.45, 2.75) is 19.0 Å². The first kappa shape index (κ1) is 23.5. The van der Waals surface area contributed by atoms with Gasteiger partial charge in [-0.2, -0.15) is 13.2 Å². The number of carbonyl (C=O) groups excluding carboxylic acids is 2. The van der Waals surface area contributed by atoms with Gasteiger partial charge in [-0.3, -0.25) is 9.59 Å². The molecule has 1 aromatic heterocycles.